The molecule has 0 aliphatic carbocycles. The highest BCUT2D eigenvalue weighted by molar-refractivity contribution is 6.34. The van der Waals surface area contributed by atoms with E-state index in [1.165, 1.54) is 18.2 Å². The molecule has 2 aromatic carbocycles. The maximum atomic E-state index is 12.6. The van der Waals surface area contributed by atoms with Crippen LogP contribution in [0.4, 0.5) is 5.69 Å². The molecule has 8 heteroatoms. The van der Waals surface area contributed by atoms with Crippen LogP contribution in [0.3, 0.4) is 0 Å². The van der Waals surface area contributed by atoms with Gasteiger partial charge in [0.05, 0.1) is 34.8 Å². The van der Waals surface area contributed by atoms with Crippen molar-refractivity contribution in [2.75, 3.05) is 32.8 Å². The van der Waals surface area contributed by atoms with Crippen LogP contribution in [0, 0.1) is 10.1 Å². The maximum absolute atomic E-state index is 12.6. The third kappa shape index (κ3) is 4.82. The molecule has 27 heavy (non-hydrogen) atoms. The number of morpholine rings is 1. The van der Waals surface area contributed by atoms with Gasteiger partial charge in [-0.25, -0.2) is 0 Å². The average Bonchev–Trinajstić information content (AvgIpc) is 2.69. The van der Waals surface area contributed by atoms with Gasteiger partial charge in [0.1, 0.15) is 0 Å². The lowest BCUT2D eigenvalue weighted by Gasteiger charge is -2.35. The molecule has 1 amide bonds. The minimum Gasteiger partial charge on any atom is -0.379 e. The Labute approximate surface area is 162 Å². The zero-order valence-electron chi connectivity index (χ0n) is 14.6. The fourth-order valence-corrected chi connectivity index (χ4v) is 3.37. The van der Waals surface area contributed by atoms with Crippen LogP contribution in [0.5, 0.6) is 0 Å². The van der Waals surface area contributed by atoms with E-state index in [-0.39, 0.29) is 28.2 Å². The molecule has 0 saturated carbocycles. The lowest BCUT2D eigenvalue weighted by Crippen LogP contribution is -2.43. The minimum atomic E-state index is -0.544. The number of nitro groups is 1. The molecule has 1 aliphatic heterocycles. The number of halogens is 1. The van der Waals surface area contributed by atoms with Gasteiger partial charge in [0, 0.05) is 31.8 Å². The summed E-state index contributed by atoms with van der Waals surface area (Å²) in [5.41, 5.74) is 1.18. The van der Waals surface area contributed by atoms with E-state index in [2.05, 4.69) is 10.2 Å². The maximum Gasteiger partial charge on any atom is 0.270 e. The first-order valence-corrected chi connectivity index (χ1v) is 9.03. The molecule has 0 bridgehead atoms. The van der Waals surface area contributed by atoms with Crippen LogP contribution in [-0.2, 0) is 4.74 Å². The van der Waals surface area contributed by atoms with Gasteiger partial charge in [-0.2, -0.15) is 0 Å². The molecule has 1 atom stereocenters. The molecular weight excluding hydrogens is 370 g/mol. The van der Waals surface area contributed by atoms with Gasteiger partial charge in [-0.1, -0.05) is 41.9 Å². The summed E-state index contributed by atoms with van der Waals surface area (Å²) in [6.07, 6.45) is 0. The second-order valence-corrected chi connectivity index (χ2v) is 6.61. The van der Waals surface area contributed by atoms with Crippen LogP contribution in [0.15, 0.2) is 48.5 Å². The number of carbonyl (C=O) groups is 1. The number of non-ortho nitro benzene ring substituents is 1. The lowest BCUT2D eigenvalue weighted by atomic mass is 10.0. The molecule has 1 N–H and O–H groups in total. The van der Waals surface area contributed by atoms with Crippen molar-refractivity contribution in [3.63, 3.8) is 0 Å². The van der Waals surface area contributed by atoms with Crippen LogP contribution in [0.1, 0.15) is 22.0 Å². The summed E-state index contributed by atoms with van der Waals surface area (Å²) in [7, 11) is 0. The monoisotopic (exact) mass is 389 g/mol. The second-order valence-electron chi connectivity index (χ2n) is 6.21. The Kier molecular flexibility index (Phi) is 6.39. The summed E-state index contributed by atoms with van der Waals surface area (Å²) in [5, 5.41) is 13.8. The van der Waals surface area contributed by atoms with Gasteiger partial charge in [0.15, 0.2) is 0 Å². The fourth-order valence-electron chi connectivity index (χ4n) is 3.11. The molecular formula is C19H20ClN3O4. The van der Waals surface area contributed by atoms with Crippen LogP contribution in [0.25, 0.3) is 0 Å². The lowest BCUT2D eigenvalue weighted by molar-refractivity contribution is -0.384. The zero-order valence-corrected chi connectivity index (χ0v) is 15.4. The van der Waals surface area contributed by atoms with Gasteiger partial charge in [-0.3, -0.25) is 19.8 Å². The molecule has 1 fully saturated rings. The molecule has 3 rings (SSSR count). The SMILES string of the molecule is O=C(NCC(c1ccccc1)N1CCOCC1)c1ccc([N+](=O)[O-])cc1Cl. The third-order valence-electron chi connectivity index (χ3n) is 4.53. The number of benzene rings is 2. The second kappa shape index (κ2) is 8.94. The van der Waals surface area contributed by atoms with Gasteiger partial charge in [0.2, 0.25) is 0 Å². The summed E-state index contributed by atoms with van der Waals surface area (Å²) < 4.78 is 5.43. The van der Waals surface area contributed by atoms with E-state index in [9.17, 15) is 14.9 Å². The predicted molar refractivity (Wildman–Crippen MR) is 102 cm³/mol. The van der Waals surface area contributed by atoms with Crippen LogP contribution >= 0.6 is 11.6 Å². The molecule has 1 heterocycles. The van der Waals surface area contributed by atoms with E-state index in [1.54, 1.807) is 0 Å². The molecule has 0 aromatic heterocycles. The highest BCUT2D eigenvalue weighted by Gasteiger charge is 2.24. The number of nitrogens with zero attached hydrogens (tertiary/aromatic N) is 2. The van der Waals surface area contributed by atoms with E-state index in [4.69, 9.17) is 16.3 Å². The smallest absolute Gasteiger partial charge is 0.270 e. The molecule has 1 unspecified atom stereocenters. The van der Waals surface area contributed by atoms with Crippen molar-refractivity contribution in [2.45, 2.75) is 6.04 Å². The van der Waals surface area contributed by atoms with Crippen molar-refractivity contribution in [1.29, 1.82) is 0 Å². The van der Waals surface area contributed by atoms with Crippen molar-refractivity contribution in [3.8, 4) is 0 Å². The topological polar surface area (TPSA) is 84.7 Å². The zero-order chi connectivity index (χ0) is 19.2. The Morgan fingerprint density at radius 2 is 1.93 bits per heavy atom. The Morgan fingerprint density at radius 3 is 2.56 bits per heavy atom. The standard InChI is InChI=1S/C19H20ClN3O4/c20-17-12-15(23(25)26)6-7-16(17)19(24)21-13-18(14-4-2-1-3-5-14)22-8-10-27-11-9-22/h1-7,12,18H,8-11,13H2,(H,21,24). The molecule has 0 spiro atoms. The number of hydrogen-bond acceptors (Lipinski definition) is 5. The summed E-state index contributed by atoms with van der Waals surface area (Å²) in [5.74, 6) is -0.357. The predicted octanol–water partition coefficient (Wildman–Crippen LogP) is 3.05. The number of amides is 1. The molecule has 2 aromatic rings. The van der Waals surface area contributed by atoms with Crippen molar-refractivity contribution < 1.29 is 14.5 Å². The number of nitrogens with one attached hydrogen (secondary N) is 1. The van der Waals surface area contributed by atoms with Gasteiger partial charge in [-0.15, -0.1) is 0 Å². The fraction of sp³-hybridized carbons (Fsp3) is 0.316. The molecule has 0 radical (unpaired) electrons. The highest BCUT2D eigenvalue weighted by Crippen LogP contribution is 2.24. The van der Waals surface area contributed by atoms with E-state index in [1.807, 2.05) is 30.3 Å². The highest BCUT2D eigenvalue weighted by atomic mass is 35.5. The van der Waals surface area contributed by atoms with E-state index >= 15 is 0 Å². The number of ether oxygens (including phenoxy) is 1. The van der Waals surface area contributed by atoms with Crippen LogP contribution < -0.4 is 5.32 Å². The van der Waals surface area contributed by atoms with Crippen LogP contribution in [0.2, 0.25) is 5.02 Å². The largest absolute Gasteiger partial charge is 0.379 e. The van der Waals surface area contributed by atoms with Crippen molar-refractivity contribution >= 4 is 23.2 Å². The molecule has 1 aliphatic rings. The van der Waals surface area contributed by atoms with Crippen LogP contribution in [-0.4, -0.2) is 48.6 Å². The van der Waals surface area contributed by atoms with Crippen molar-refractivity contribution in [1.82, 2.24) is 10.2 Å². The number of rotatable bonds is 6. The summed E-state index contributed by atoms with van der Waals surface area (Å²) in [6, 6.07) is 13.8. The Morgan fingerprint density at radius 1 is 1.22 bits per heavy atom. The Bertz CT molecular complexity index is 810. The van der Waals surface area contributed by atoms with Gasteiger partial charge in [0.25, 0.3) is 11.6 Å². The Hall–Kier alpha value is -2.48. The van der Waals surface area contributed by atoms with Gasteiger partial charge in [-0.05, 0) is 11.6 Å². The van der Waals surface area contributed by atoms with Crippen molar-refractivity contribution in [3.05, 3.63) is 74.8 Å². The minimum absolute atomic E-state index is 0.0101. The third-order valence-corrected chi connectivity index (χ3v) is 4.85. The van der Waals surface area contributed by atoms with Gasteiger partial charge < -0.3 is 10.1 Å². The first-order chi connectivity index (χ1) is 13.1. The Balaban J connectivity index is 1.73. The average molecular weight is 390 g/mol. The summed E-state index contributed by atoms with van der Waals surface area (Å²) in [4.78, 5) is 25.1. The van der Waals surface area contributed by atoms with E-state index in [0.29, 0.717) is 19.8 Å². The summed E-state index contributed by atoms with van der Waals surface area (Å²) >= 11 is 6.06. The first kappa shape index (κ1) is 19.3. The number of hydrogen-bond donors (Lipinski definition) is 1. The molecule has 7 nitrogen and oxygen atoms in total. The molecule has 1 saturated heterocycles. The van der Waals surface area contributed by atoms with Gasteiger partial charge >= 0.3 is 0 Å². The summed E-state index contributed by atoms with van der Waals surface area (Å²) in [6.45, 7) is 3.29. The normalized spacial score (nSPS) is 15.9. The number of nitro benzene ring substituents is 1. The van der Waals surface area contributed by atoms with E-state index < -0.39 is 4.92 Å². The quantitative estimate of drug-likeness (QED) is 0.606. The van der Waals surface area contributed by atoms with E-state index in [0.717, 1.165) is 18.7 Å². The van der Waals surface area contributed by atoms with Crippen molar-refractivity contribution in [2.24, 2.45) is 0 Å². The first-order valence-electron chi connectivity index (χ1n) is 8.65. The molecule has 142 valence electrons. The number of carbonyl (C=O) groups excluding carboxylic acids is 1.